The minimum atomic E-state index is -5.98. The first-order valence-electron chi connectivity index (χ1n) is 9.85. The van der Waals surface area contributed by atoms with Gasteiger partial charge in [0.1, 0.15) is 6.61 Å². The van der Waals surface area contributed by atoms with E-state index >= 15 is 0 Å². The lowest BCUT2D eigenvalue weighted by Crippen LogP contribution is -2.67. The minimum Gasteiger partial charge on any atom is -0.463 e. The largest absolute Gasteiger partial charge is 0.463 e. The Balaban J connectivity index is 3.29. The van der Waals surface area contributed by atoms with E-state index < -0.39 is 78.9 Å². The van der Waals surface area contributed by atoms with Gasteiger partial charge in [-0.25, -0.2) is 14.4 Å². The highest BCUT2D eigenvalue weighted by Gasteiger charge is 2.66. The molecule has 0 aliphatic carbocycles. The number of hydrogen-bond donors (Lipinski definition) is 3. The summed E-state index contributed by atoms with van der Waals surface area (Å²) in [6.45, 7) is -1.74. The third kappa shape index (κ3) is 7.37. The van der Waals surface area contributed by atoms with Gasteiger partial charge in [-0.2, -0.15) is 39.5 Å². The van der Waals surface area contributed by atoms with Gasteiger partial charge in [-0.15, -0.1) is 0 Å². The third-order valence-corrected chi connectivity index (χ3v) is 4.25. The van der Waals surface area contributed by atoms with Crippen LogP contribution in [0.5, 0.6) is 0 Å². The highest BCUT2D eigenvalue weighted by molar-refractivity contribution is 5.94. The van der Waals surface area contributed by atoms with Crippen molar-refractivity contribution in [2.24, 2.45) is 0 Å². The normalized spacial score (nSPS) is 15.7. The fourth-order valence-electron chi connectivity index (χ4n) is 2.59. The maximum atomic E-state index is 13.6. The van der Waals surface area contributed by atoms with E-state index in [2.05, 4.69) is 14.2 Å². The predicted octanol–water partition coefficient (Wildman–Crippen LogP) is 3.52. The van der Waals surface area contributed by atoms with E-state index in [4.69, 9.17) is 0 Å². The van der Waals surface area contributed by atoms with Crippen LogP contribution in [0.25, 0.3) is 0 Å². The van der Waals surface area contributed by atoms with Crippen LogP contribution in [0, 0.1) is 0 Å². The Labute approximate surface area is 201 Å². The Hall–Kier alpha value is -3.28. The van der Waals surface area contributed by atoms with Crippen molar-refractivity contribution < 1.29 is 73.2 Å². The first-order chi connectivity index (χ1) is 16.7. The molecule has 210 valence electrons. The van der Waals surface area contributed by atoms with Crippen LogP contribution in [0.15, 0.2) is 24.3 Å². The van der Waals surface area contributed by atoms with E-state index in [1.165, 1.54) is 0 Å². The van der Waals surface area contributed by atoms with Gasteiger partial charge >= 0.3 is 42.2 Å². The maximum absolute atomic E-state index is 13.6. The molecule has 9 nitrogen and oxygen atoms in total. The molecule has 0 bridgehead atoms. The van der Waals surface area contributed by atoms with Crippen LogP contribution in [0.3, 0.4) is 0 Å². The van der Waals surface area contributed by atoms with Crippen LogP contribution in [0.2, 0.25) is 0 Å². The molecule has 0 saturated heterocycles. The average Bonchev–Trinajstić information content (AvgIpc) is 2.74. The summed E-state index contributed by atoms with van der Waals surface area (Å²) in [7, 11) is 0. The molecule has 0 fully saturated rings. The minimum absolute atomic E-state index is 0.461. The monoisotopic (exact) mass is 558 g/mol. The van der Waals surface area contributed by atoms with Gasteiger partial charge in [0.15, 0.2) is 0 Å². The standard InChI is InChI=1S/C19H19F9N2O7/c1-3-35-12(31)16(34,18(23,24)25)10-5-7-11(8-6-10)29-14(33)30-17(19(26,27)28,13(32)36-4-2)37-9-15(20,21)22/h5-8,34H,3-4,9H2,1-2H3,(H2,29,30,33)/t16-,17-/m1/s1. The van der Waals surface area contributed by atoms with Crippen LogP contribution in [0.1, 0.15) is 19.4 Å². The second-order valence-electron chi connectivity index (χ2n) is 6.89. The summed E-state index contributed by atoms with van der Waals surface area (Å²) >= 11 is 0. The first-order valence-corrected chi connectivity index (χ1v) is 9.85. The summed E-state index contributed by atoms with van der Waals surface area (Å²) in [6, 6.07) is 0.129. The predicted molar refractivity (Wildman–Crippen MR) is 103 cm³/mol. The van der Waals surface area contributed by atoms with Gasteiger partial charge in [-0.05, 0) is 26.0 Å². The van der Waals surface area contributed by atoms with Gasteiger partial charge in [-0.1, -0.05) is 12.1 Å². The van der Waals surface area contributed by atoms with Gasteiger partial charge in [0.2, 0.25) is 0 Å². The topological polar surface area (TPSA) is 123 Å². The first kappa shape index (κ1) is 31.7. The number of carbonyl (C=O) groups is 3. The average molecular weight is 558 g/mol. The Bertz CT molecular complexity index is 965. The molecule has 0 unspecified atom stereocenters. The number of carbonyl (C=O) groups excluding carboxylic acids is 3. The SMILES string of the molecule is CCOC(=O)[C@@](NC(=O)Nc1ccc([C@@](O)(C(=O)OCC)C(F)(F)F)cc1)(OCC(F)(F)F)C(F)(F)F. The molecule has 18 heteroatoms. The van der Waals surface area contributed by atoms with Crippen molar-refractivity contribution in [1.29, 1.82) is 0 Å². The van der Waals surface area contributed by atoms with E-state index in [9.17, 15) is 59.0 Å². The Morgan fingerprint density at radius 2 is 1.30 bits per heavy atom. The summed E-state index contributed by atoms with van der Waals surface area (Å²) in [5.41, 5.74) is -10.5. The molecule has 1 aromatic carbocycles. The number of ether oxygens (including phenoxy) is 3. The quantitative estimate of drug-likeness (QED) is 0.241. The molecule has 0 aliphatic heterocycles. The van der Waals surface area contributed by atoms with Gasteiger partial charge in [0, 0.05) is 11.3 Å². The number of nitrogens with one attached hydrogen (secondary N) is 2. The molecule has 0 aromatic heterocycles. The fourth-order valence-corrected chi connectivity index (χ4v) is 2.59. The molecule has 0 aliphatic rings. The Morgan fingerprint density at radius 3 is 1.70 bits per heavy atom. The second-order valence-corrected chi connectivity index (χ2v) is 6.89. The van der Waals surface area contributed by atoms with Crippen LogP contribution >= 0.6 is 0 Å². The van der Waals surface area contributed by atoms with Crippen LogP contribution in [-0.2, 0) is 29.4 Å². The van der Waals surface area contributed by atoms with Crippen LogP contribution in [-0.4, -0.2) is 67.2 Å². The number of amides is 2. The number of hydrogen-bond acceptors (Lipinski definition) is 7. The zero-order valence-corrected chi connectivity index (χ0v) is 18.7. The van der Waals surface area contributed by atoms with Gasteiger partial charge in [0.05, 0.1) is 13.2 Å². The number of alkyl halides is 9. The van der Waals surface area contributed by atoms with Gasteiger partial charge in [0.25, 0.3) is 5.60 Å². The number of benzene rings is 1. The molecule has 2 atom stereocenters. The lowest BCUT2D eigenvalue weighted by Gasteiger charge is -2.33. The van der Waals surface area contributed by atoms with Crippen molar-refractivity contribution in [3.63, 3.8) is 0 Å². The molecule has 3 N–H and O–H groups in total. The molecular formula is C19H19F9N2O7. The fraction of sp³-hybridized carbons (Fsp3) is 0.526. The van der Waals surface area contributed by atoms with Crippen molar-refractivity contribution in [3.05, 3.63) is 29.8 Å². The highest BCUT2D eigenvalue weighted by Crippen LogP contribution is 2.40. The number of anilines is 1. The van der Waals surface area contributed by atoms with Gasteiger partial charge in [-0.3, -0.25) is 5.32 Å². The molecule has 1 rings (SSSR count). The Kier molecular flexibility index (Phi) is 9.79. The Morgan fingerprint density at radius 1 is 0.811 bits per heavy atom. The van der Waals surface area contributed by atoms with E-state index in [1.807, 2.05) is 0 Å². The molecule has 37 heavy (non-hydrogen) atoms. The maximum Gasteiger partial charge on any atom is 0.448 e. The molecule has 0 heterocycles. The van der Waals surface area contributed by atoms with E-state index in [0.717, 1.165) is 19.2 Å². The van der Waals surface area contributed by atoms with E-state index in [0.29, 0.717) is 24.3 Å². The molecule has 0 spiro atoms. The zero-order chi connectivity index (χ0) is 28.9. The van der Waals surface area contributed by atoms with Crippen molar-refractivity contribution in [3.8, 4) is 0 Å². The number of halogens is 9. The van der Waals surface area contributed by atoms with Crippen LogP contribution in [0.4, 0.5) is 50.0 Å². The summed E-state index contributed by atoms with van der Waals surface area (Å²) in [6.07, 6.45) is -16.9. The lowest BCUT2D eigenvalue weighted by atomic mass is 9.93. The highest BCUT2D eigenvalue weighted by atomic mass is 19.4. The third-order valence-electron chi connectivity index (χ3n) is 4.25. The number of rotatable bonds is 9. The number of esters is 2. The van der Waals surface area contributed by atoms with Crippen molar-refractivity contribution in [1.82, 2.24) is 5.32 Å². The lowest BCUT2D eigenvalue weighted by molar-refractivity contribution is -0.305. The van der Waals surface area contributed by atoms with Crippen LogP contribution < -0.4 is 10.6 Å². The molecular weight excluding hydrogens is 539 g/mol. The van der Waals surface area contributed by atoms with Crippen molar-refractivity contribution >= 4 is 23.7 Å². The van der Waals surface area contributed by atoms with E-state index in [-0.39, 0.29) is 0 Å². The van der Waals surface area contributed by atoms with Crippen molar-refractivity contribution in [2.45, 2.75) is 43.7 Å². The zero-order valence-electron chi connectivity index (χ0n) is 18.7. The van der Waals surface area contributed by atoms with E-state index in [1.54, 1.807) is 5.32 Å². The second kappa shape index (κ2) is 11.4. The van der Waals surface area contributed by atoms with Crippen molar-refractivity contribution in [2.75, 3.05) is 25.1 Å². The molecule has 2 amide bonds. The van der Waals surface area contributed by atoms with Gasteiger partial charge < -0.3 is 24.6 Å². The molecule has 1 aromatic rings. The summed E-state index contributed by atoms with van der Waals surface area (Å²) in [5.74, 6) is -4.53. The number of urea groups is 1. The summed E-state index contributed by atoms with van der Waals surface area (Å²) in [4.78, 5) is 35.8. The smallest absolute Gasteiger partial charge is 0.448 e. The molecule has 0 radical (unpaired) electrons. The summed E-state index contributed by atoms with van der Waals surface area (Å²) < 4.78 is 131. The molecule has 0 saturated carbocycles. The summed E-state index contributed by atoms with van der Waals surface area (Å²) in [5, 5.41) is 12.5. The number of aliphatic hydroxyl groups is 1.